The van der Waals surface area contributed by atoms with Gasteiger partial charge in [-0.15, -0.1) is 0 Å². The predicted octanol–water partition coefficient (Wildman–Crippen LogP) is 1.02. The minimum Gasteiger partial charge on any atom is -0.360 e. The van der Waals surface area contributed by atoms with Gasteiger partial charge < -0.3 is 15.6 Å². The highest BCUT2D eigenvalue weighted by Crippen LogP contribution is 2.40. The Morgan fingerprint density at radius 1 is 1.56 bits per heavy atom. The lowest BCUT2D eigenvalue weighted by molar-refractivity contribution is 0.0944. The van der Waals surface area contributed by atoms with Crippen molar-refractivity contribution < 1.29 is 9.32 Å². The zero-order chi connectivity index (χ0) is 11.4. The number of carbonyl (C=O) groups excluding carboxylic acids is 1. The summed E-state index contributed by atoms with van der Waals surface area (Å²) in [7, 11) is 0. The van der Waals surface area contributed by atoms with Gasteiger partial charge in [0, 0.05) is 18.5 Å². The molecule has 1 heterocycles. The van der Waals surface area contributed by atoms with Gasteiger partial charge in [0.25, 0.3) is 5.91 Å². The summed E-state index contributed by atoms with van der Waals surface area (Å²) < 4.78 is 5.11. The van der Waals surface area contributed by atoms with E-state index in [2.05, 4.69) is 10.5 Å². The topological polar surface area (TPSA) is 81.1 Å². The second kappa shape index (κ2) is 5.12. The van der Waals surface area contributed by atoms with Crippen molar-refractivity contribution in [2.24, 2.45) is 5.73 Å². The zero-order valence-electron chi connectivity index (χ0n) is 9.24. The van der Waals surface area contributed by atoms with Crippen LogP contribution in [0, 0.1) is 0 Å². The van der Waals surface area contributed by atoms with Crippen LogP contribution in [-0.4, -0.2) is 24.2 Å². The summed E-state index contributed by atoms with van der Waals surface area (Å²) in [4.78, 5) is 11.6. The Morgan fingerprint density at radius 2 is 2.38 bits per heavy atom. The van der Waals surface area contributed by atoms with Crippen molar-refractivity contribution in [2.45, 2.75) is 31.6 Å². The van der Waals surface area contributed by atoms with Crippen LogP contribution in [0.3, 0.4) is 0 Å². The first-order valence-corrected chi connectivity index (χ1v) is 5.76. The van der Waals surface area contributed by atoms with Crippen LogP contribution in [-0.2, 0) is 0 Å². The van der Waals surface area contributed by atoms with Crippen molar-refractivity contribution in [3.8, 4) is 0 Å². The van der Waals surface area contributed by atoms with E-state index in [-0.39, 0.29) is 5.91 Å². The van der Waals surface area contributed by atoms with Crippen molar-refractivity contribution in [1.29, 1.82) is 0 Å². The van der Waals surface area contributed by atoms with Gasteiger partial charge in [-0.1, -0.05) is 5.16 Å². The van der Waals surface area contributed by atoms with E-state index < -0.39 is 0 Å². The molecule has 5 nitrogen and oxygen atoms in total. The summed E-state index contributed by atoms with van der Waals surface area (Å²) in [6.45, 7) is 1.30. The SMILES string of the molecule is NCCCCNC(=O)c1cc(C2CC2)on1. The van der Waals surface area contributed by atoms with Crippen molar-refractivity contribution in [2.75, 3.05) is 13.1 Å². The van der Waals surface area contributed by atoms with E-state index in [1.165, 1.54) is 0 Å². The Kier molecular flexibility index (Phi) is 3.56. The monoisotopic (exact) mass is 223 g/mol. The number of carbonyl (C=O) groups is 1. The number of aromatic nitrogens is 1. The molecule has 0 spiro atoms. The van der Waals surface area contributed by atoms with Crippen LogP contribution in [0.2, 0.25) is 0 Å². The summed E-state index contributed by atoms with van der Waals surface area (Å²) >= 11 is 0. The van der Waals surface area contributed by atoms with Crippen molar-refractivity contribution in [3.63, 3.8) is 0 Å². The van der Waals surface area contributed by atoms with Gasteiger partial charge in [0.2, 0.25) is 0 Å². The fourth-order valence-corrected chi connectivity index (χ4v) is 1.52. The van der Waals surface area contributed by atoms with Crippen molar-refractivity contribution in [1.82, 2.24) is 10.5 Å². The van der Waals surface area contributed by atoms with E-state index in [0.717, 1.165) is 31.4 Å². The second-order valence-electron chi connectivity index (χ2n) is 4.14. The van der Waals surface area contributed by atoms with Gasteiger partial charge >= 0.3 is 0 Å². The van der Waals surface area contributed by atoms with Crippen molar-refractivity contribution >= 4 is 5.91 Å². The van der Waals surface area contributed by atoms with Crippen LogP contribution < -0.4 is 11.1 Å². The molecule has 1 aromatic rings. The molecule has 1 saturated carbocycles. The molecule has 0 aromatic carbocycles. The molecular formula is C11H17N3O2. The lowest BCUT2D eigenvalue weighted by Crippen LogP contribution is -2.25. The largest absolute Gasteiger partial charge is 0.360 e. The van der Waals surface area contributed by atoms with Gasteiger partial charge in [-0.25, -0.2) is 0 Å². The van der Waals surface area contributed by atoms with Crippen LogP contribution in [0.1, 0.15) is 47.8 Å². The Morgan fingerprint density at radius 3 is 3.06 bits per heavy atom. The van der Waals surface area contributed by atoms with Gasteiger partial charge in [-0.3, -0.25) is 4.79 Å². The number of hydrogen-bond acceptors (Lipinski definition) is 4. The molecule has 5 heteroatoms. The maximum absolute atomic E-state index is 11.6. The average molecular weight is 223 g/mol. The van der Waals surface area contributed by atoms with Crippen LogP contribution in [0.4, 0.5) is 0 Å². The smallest absolute Gasteiger partial charge is 0.273 e. The van der Waals surface area contributed by atoms with Gasteiger partial charge in [-0.2, -0.15) is 0 Å². The van der Waals surface area contributed by atoms with E-state index in [1.807, 2.05) is 0 Å². The molecule has 1 aliphatic carbocycles. The second-order valence-corrected chi connectivity index (χ2v) is 4.14. The van der Waals surface area contributed by atoms with Crippen LogP contribution in [0.5, 0.6) is 0 Å². The van der Waals surface area contributed by atoms with E-state index in [4.69, 9.17) is 10.3 Å². The number of unbranched alkanes of at least 4 members (excludes halogenated alkanes) is 1. The third kappa shape index (κ3) is 2.82. The fourth-order valence-electron chi connectivity index (χ4n) is 1.52. The maximum atomic E-state index is 11.6. The molecule has 88 valence electrons. The number of nitrogens with zero attached hydrogens (tertiary/aromatic N) is 1. The van der Waals surface area contributed by atoms with Crippen LogP contribution in [0.25, 0.3) is 0 Å². The molecular weight excluding hydrogens is 206 g/mol. The van der Waals surface area contributed by atoms with E-state index >= 15 is 0 Å². The maximum Gasteiger partial charge on any atom is 0.273 e. The molecule has 0 bridgehead atoms. The number of rotatable bonds is 6. The predicted molar refractivity (Wildman–Crippen MR) is 59.1 cm³/mol. The first-order chi connectivity index (χ1) is 7.81. The molecule has 0 saturated heterocycles. The third-order valence-electron chi connectivity index (χ3n) is 2.66. The molecule has 16 heavy (non-hydrogen) atoms. The minimum atomic E-state index is -0.160. The molecule has 2 rings (SSSR count). The lowest BCUT2D eigenvalue weighted by atomic mass is 10.2. The molecule has 1 aliphatic rings. The molecule has 1 fully saturated rings. The molecule has 1 amide bonds. The highest BCUT2D eigenvalue weighted by molar-refractivity contribution is 5.92. The molecule has 0 atom stereocenters. The highest BCUT2D eigenvalue weighted by Gasteiger charge is 2.28. The number of nitrogens with two attached hydrogens (primary N) is 1. The molecule has 0 aliphatic heterocycles. The van der Waals surface area contributed by atoms with Crippen LogP contribution in [0.15, 0.2) is 10.6 Å². The Labute approximate surface area is 94.4 Å². The normalized spacial score (nSPS) is 15.1. The van der Waals surface area contributed by atoms with Crippen LogP contribution >= 0.6 is 0 Å². The Bertz CT molecular complexity index is 358. The molecule has 0 radical (unpaired) electrons. The summed E-state index contributed by atoms with van der Waals surface area (Å²) in [5.74, 6) is 1.17. The quantitative estimate of drug-likeness (QED) is 0.705. The summed E-state index contributed by atoms with van der Waals surface area (Å²) in [5.41, 5.74) is 5.74. The average Bonchev–Trinajstić information content (AvgIpc) is 3.02. The van der Waals surface area contributed by atoms with Gasteiger partial charge in [0.1, 0.15) is 5.76 Å². The summed E-state index contributed by atoms with van der Waals surface area (Å²) in [5, 5.41) is 6.55. The standard InChI is InChI=1S/C11H17N3O2/c12-5-1-2-6-13-11(15)9-7-10(16-14-9)8-3-4-8/h7-8H,1-6,12H2,(H,13,15). The van der Waals surface area contributed by atoms with Crippen molar-refractivity contribution in [3.05, 3.63) is 17.5 Å². The summed E-state index contributed by atoms with van der Waals surface area (Å²) in [6.07, 6.45) is 4.11. The van der Waals surface area contributed by atoms with E-state index in [9.17, 15) is 4.79 Å². The summed E-state index contributed by atoms with van der Waals surface area (Å²) in [6, 6.07) is 1.75. The van der Waals surface area contributed by atoms with Gasteiger partial charge in [-0.05, 0) is 32.2 Å². The number of amides is 1. The van der Waals surface area contributed by atoms with E-state index in [1.54, 1.807) is 6.07 Å². The number of nitrogens with one attached hydrogen (secondary N) is 1. The third-order valence-corrected chi connectivity index (χ3v) is 2.66. The minimum absolute atomic E-state index is 0.160. The molecule has 1 aromatic heterocycles. The zero-order valence-corrected chi connectivity index (χ0v) is 9.24. The first kappa shape index (κ1) is 11.1. The molecule has 3 N–H and O–H groups in total. The highest BCUT2D eigenvalue weighted by atomic mass is 16.5. The fraction of sp³-hybridized carbons (Fsp3) is 0.636. The van der Waals surface area contributed by atoms with Gasteiger partial charge in [0.05, 0.1) is 0 Å². The number of hydrogen-bond donors (Lipinski definition) is 2. The Hall–Kier alpha value is -1.36. The Balaban J connectivity index is 1.78. The van der Waals surface area contributed by atoms with E-state index in [0.29, 0.717) is 24.7 Å². The van der Waals surface area contributed by atoms with Gasteiger partial charge in [0.15, 0.2) is 5.69 Å². The first-order valence-electron chi connectivity index (χ1n) is 5.76. The lowest BCUT2D eigenvalue weighted by Gasteiger charge is -2.00. The molecule has 0 unspecified atom stereocenters.